The minimum Gasteiger partial charge on any atom is -0.383 e. The highest BCUT2D eigenvalue weighted by atomic mass is 19.4. The second-order valence-corrected chi connectivity index (χ2v) is 6.53. The van der Waals surface area contributed by atoms with Crippen LogP contribution in [0.4, 0.5) is 13.2 Å². The fourth-order valence-electron chi connectivity index (χ4n) is 2.69. The van der Waals surface area contributed by atoms with E-state index in [2.05, 4.69) is 20.7 Å². The summed E-state index contributed by atoms with van der Waals surface area (Å²) in [7, 11) is 1.52. The Morgan fingerprint density at radius 1 is 1.36 bits per heavy atom. The number of hydrogen-bond donors (Lipinski definition) is 0. The normalized spacial score (nSPS) is 15.1. The molecule has 0 aliphatic heterocycles. The molecule has 1 saturated carbocycles. The summed E-state index contributed by atoms with van der Waals surface area (Å²) >= 11 is 0. The molecule has 3 rings (SSSR count). The van der Waals surface area contributed by atoms with Gasteiger partial charge in [-0.15, -0.1) is 0 Å². The van der Waals surface area contributed by atoms with E-state index in [1.165, 1.54) is 7.11 Å². The number of alkyl halides is 3. The monoisotopic (exact) mass is 394 g/mol. The van der Waals surface area contributed by atoms with Gasteiger partial charge in [0.15, 0.2) is 0 Å². The fourth-order valence-corrected chi connectivity index (χ4v) is 2.69. The number of methoxy groups -OCH3 is 1. The van der Waals surface area contributed by atoms with Crippen molar-refractivity contribution in [3.63, 3.8) is 0 Å². The predicted molar refractivity (Wildman–Crippen MR) is 89.3 cm³/mol. The van der Waals surface area contributed by atoms with Gasteiger partial charge in [-0.25, -0.2) is 0 Å². The van der Waals surface area contributed by atoms with Gasteiger partial charge in [-0.2, -0.15) is 23.4 Å². The molecule has 0 spiro atoms. The number of nitriles is 1. The summed E-state index contributed by atoms with van der Waals surface area (Å²) in [4.78, 5) is 17.6. The zero-order valence-electron chi connectivity index (χ0n) is 15.0. The molecule has 1 amide bonds. The van der Waals surface area contributed by atoms with E-state index >= 15 is 0 Å². The molecule has 1 fully saturated rings. The van der Waals surface area contributed by atoms with Gasteiger partial charge in [-0.1, -0.05) is 29.4 Å². The lowest BCUT2D eigenvalue weighted by Gasteiger charge is -2.24. The van der Waals surface area contributed by atoms with Crippen molar-refractivity contribution in [1.29, 1.82) is 5.26 Å². The van der Waals surface area contributed by atoms with Crippen molar-refractivity contribution in [3.8, 4) is 17.5 Å². The summed E-state index contributed by atoms with van der Waals surface area (Å²) in [6, 6.07) is 8.52. The van der Waals surface area contributed by atoms with Crippen LogP contribution in [0.15, 0.2) is 28.8 Å². The molecule has 1 aliphatic carbocycles. The van der Waals surface area contributed by atoms with Crippen molar-refractivity contribution < 1.29 is 27.2 Å². The van der Waals surface area contributed by atoms with E-state index in [9.17, 15) is 23.2 Å². The van der Waals surface area contributed by atoms with Crippen LogP contribution >= 0.6 is 0 Å². The number of carbonyl (C=O) groups is 1. The predicted octanol–water partition coefficient (Wildman–Crippen LogP) is 3.03. The molecule has 28 heavy (non-hydrogen) atoms. The summed E-state index contributed by atoms with van der Waals surface area (Å²) in [5, 5.41) is 12.6. The van der Waals surface area contributed by atoms with Crippen LogP contribution in [0.5, 0.6) is 0 Å². The summed E-state index contributed by atoms with van der Waals surface area (Å²) < 4.78 is 47.0. The number of rotatable bonds is 7. The summed E-state index contributed by atoms with van der Waals surface area (Å²) in [5.74, 6) is -1.81. The molecule has 0 radical (unpaired) electrons. The average molecular weight is 394 g/mol. The second-order valence-electron chi connectivity index (χ2n) is 6.53. The molecule has 2 aromatic rings. The third-order valence-corrected chi connectivity index (χ3v) is 4.48. The van der Waals surface area contributed by atoms with Crippen LogP contribution in [-0.4, -0.2) is 41.2 Å². The molecule has 0 N–H and O–H groups in total. The van der Waals surface area contributed by atoms with Gasteiger partial charge in [0, 0.05) is 25.8 Å². The number of halogens is 3. The SMILES string of the molecule is COCCN(Cc1ccc(-c2noc(C(F)(F)F)n2)cc1)C(=O)C1(C#N)CC1. The van der Waals surface area contributed by atoms with Crippen LogP contribution in [0.3, 0.4) is 0 Å². The van der Waals surface area contributed by atoms with Crippen molar-refractivity contribution in [2.45, 2.75) is 25.6 Å². The molecule has 0 unspecified atom stereocenters. The number of aromatic nitrogens is 2. The van der Waals surface area contributed by atoms with E-state index < -0.39 is 17.5 Å². The van der Waals surface area contributed by atoms with Gasteiger partial charge in [-0.3, -0.25) is 4.79 Å². The minimum atomic E-state index is -4.70. The molecule has 1 heterocycles. The topological polar surface area (TPSA) is 92.2 Å². The van der Waals surface area contributed by atoms with Crippen molar-refractivity contribution in [1.82, 2.24) is 15.0 Å². The summed E-state index contributed by atoms with van der Waals surface area (Å²) in [5.41, 5.74) is 0.168. The lowest BCUT2D eigenvalue weighted by atomic mass is 10.1. The van der Waals surface area contributed by atoms with Crippen LogP contribution in [0.25, 0.3) is 11.4 Å². The average Bonchev–Trinajstić information content (AvgIpc) is 3.31. The van der Waals surface area contributed by atoms with Gasteiger partial charge in [-0.05, 0) is 18.4 Å². The molecule has 1 aliphatic rings. The van der Waals surface area contributed by atoms with Crippen molar-refractivity contribution >= 4 is 5.91 Å². The van der Waals surface area contributed by atoms with Crippen LogP contribution < -0.4 is 0 Å². The molecule has 0 bridgehead atoms. The first-order chi connectivity index (χ1) is 13.3. The first kappa shape index (κ1) is 19.8. The maximum Gasteiger partial charge on any atom is 0.471 e. The first-order valence-electron chi connectivity index (χ1n) is 8.49. The quantitative estimate of drug-likeness (QED) is 0.717. The minimum absolute atomic E-state index is 0.174. The van der Waals surface area contributed by atoms with Crippen molar-refractivity contribution in [2.75, 3.05) is 20.3 Å². The van der Waals surface area contributed by atoms with Crippen LogP contribution in [-0.2, 0) is 22.3 Å². The highest BCUT2D eigenvalue weighted by molar-refractivity contribution is 5.88. The third kappa shape index (κ3) is 4.14. The van der Waals surface area contributed by atoms with Gasteiger partial charge < -0.3 is 14.2 Å². The van der Waals surface area contributed by atoms with Gasteiger partial charge in [0.05, 0.1) is 12.7 Å². The molecular formula is C18H17F3N4O3. The lowest BCUT2D eigenvalue weighted by molar-refractivity contribution is -0.159. The number of ether oxygens (including phenoxy) is 1. The molecular weight excluding hydrogens is 377 g/mol. The van der Waals surface area contributed by atoms with E-state index in [1.54, 1.807) is 29.2 Å². The van der Waals surface area contributed by atoms with Crippen LogP contribution in [0, 0.1) is 16.7 Å². The van der Waals surface area contributed by atoms with E-state index in [-0.39, 0.29) is 18.3 Å². The second kappa shape index (κ2) is 7.59. The Balaban J connectivity index is 1.73. The molecule has 10 heteroatoms. The van der Waals surface area contributed by atoms with E-state index in [1.807, 2.05) is 0 Å². The number of nitrogens with zero attached hydrogens (tertiary/aromatic N) is 4. The van der Waals surface area contributed by atoms with E-state index in [0.717, 1.165) is 5.56 Å². The Hall–Kier alpha value is -2.93. The highest BCUT2D eigenvalue weighted by Gasteiger charge is 2.52. The Bertz CT molecular complexity index is 883. The Kier molecular flexibility index (Phi) is 5.38. The largest absolute Gasteiger partial charge is 0.471 e. The summed E-state index contributed by atoms with van der Waals surface area (Å²) in [6.07, 6.45) is -3.61. The number of benzene rings is 1. The number of hydrogen-bond acceptors (Lipinski definition) is 6. The van der Waals surface area contributed by atoms with Gasteiger partial charge >= 0.3 is 12.1 Å². The standard InChI is InChI=1S/C18H17F3N4O3/c1-27-9-8-25(16(26)17(11-22)6-7-17)10-12-2-4-13(5-3-12)14-23-15(28-24-14)18(19,20)21/h2-5H,6-10H2,1H3. The Morgan fingerprint density at radius 2 is 2.04 bits per heavy atom. The fraction of sp³-hybridized carbons (Fsp3) is 0.444. The van der Waals surface area contributed by atoms with Crippen molar-refractivity contribution in [2.24, 2.45) is 5.41 Å². The van der Waals surface area contributed by atoms with Crippen LogP contribution in [0.1, 0.15) is 24.3 Å². The van der Waals surface area contributed by atoms with Gasteiger partial charge in [0.1, 0.15) is 5.41 Å². The smallest absolute Gasteiger partial charge is 0.383 e. The molecule has 1 aromatic heterocycles. The number of amides is 1. The Morgan fingerprint density at radius 3 is 2.54 bits per heavy atom. The summed E-state index contributed by atoms with van der Waals surface area (Å²) in [6.45, 7) is 0.917. The third-order valence-electron chi connectivity index (χ3n) is 4.48. The lowest BCUT2D eigenvalue weighted by Crippen LogP contribution is -2.38. The first-order valence-corrected chi connectivity index (χ1v) is 8.49. The van der Waals surface area contributed by atoms with Crippen LogP contribution in [0.2, 0.25) is 0 Å². The molecule has 1 aromatic carbocycles. The van der Waals surface area contributed by atoms with Gasteiger partial charge in [0.25, 0.3) is 0 Å². The molecule has 0 atom stereocenters. The van der Waals surface area contributed by atoms with Crippen molar-refractivity contribution in [3.05, 3.63) is 35.7 Å². The highest BCUT2D eigenvalue weighted by Crippen LogP contribution is 2.46. The molecule has 148 valence electrons. The zero-order valence-corrected chi connectivity index (χ0v) is 15.0. The maximum absolute atomic E-state index is 12.7. The number of carbonyl (C=O) groups excluding carboxylic acids is 1. The zero-order chi connectivity index (χ0) is 20.4. The van der Waals surface area contributed by atoms with Gasteiger partial charge in [0.2, 0.25) is 11.7 Å². The Labute approximate surface area is 158 Å². The van der Waals surface area contributed by atoms with E-state index in [0.29, 0.717) is 31.6 Å². The van der Waals surface area contributed by atoms with E-state index in [4.69, 9.17) is 4.74 Å². The molecule has 0 saturated heterocycles. The maximum atomic E-state index is 12.7. The molecule has 7 nitrogen and oxygen atoms in total.